The molecule has 0 spiro atoms. The molecule has 1 aliphatic heterocycles. The van der Waals surface area contributed by atoms with E-state index in [0.717, 1.165) is 38.3 Å². The maximum absolute atomic E-state index is 8.70. The second-order valence-electron chi connectivity index (χ2n) is 6.44. The van der Waals surface area contributed by atoms with Gasteiger partial charge in [-0.25, -0.2) is 4.98 Å². The van der Waals surface area contributed by atoms with E-state index in [-0.39, 0.29) is 5.41 Å². The molecule has 5 heteroatoms. The number of nitrogens with zero attached hydrogens (tertiary/aromatic N) is 3. The number of halogens is 1. The Morgan fingerprint density at radius 3 is 3.10 bits per heavy atom. The van der Waals surface area contributed by atoms with Crippen molar-refractivity contribution in [1.82, 2.24) is 10.3 Å². The Bertz CT molecular complexity index is 509. The van der Waals surface area contributed by atoms with Gasteiger partial charge in [0, 0.05) is 38.3 Å². The van der Waals surface area contributed by atoms with Gasteiger partial charge in [-0.1, -0.05) is 25.4 Å². The monoisotopic (exact) mass is 306 g/mol. The molecule has 0 amide bonds. The lowest BCUT2D eigenvalue weighted by molar-refractivity contribution is 0.303. The zero-order valence-corrected chi connectivity index (χ0v) is 13.5. The molecular weight excluding hydrogens is 284 g/mol. The summed E-state index contributed by atoms with van der Waals surface area (Å²) in [4.78, 5) is 6.61. The topological polar surface area (TPSA) is 52.0 Å². The normalized spacial score (nSPS) is 18.8. The summed E-state index contributed by atoms with van der Waals surface area (Å²) in [5, 5.41) is 13.0. The first-order chi connectivity index (χ1) is 10.0. The van der Waals surface area contributed by atoms with Crippen molar-refractivity contribution in [3.05, 3.63) is 23.4 Å². The van der Waals surface area contributed by atoms with Crippen LogP contribution in [-0.4, -0.2) is 30.7 Å². The largest absolute Gasteiger partial charge is 0.354 e. The van der Waals surface area contributed by atoms with E-state index >= 15 is 0 Å². The van der Waals surface area contributed by atoms with Gasteiger partial charge in [-0.3, -0.25) is 0 Å². The molecule has 0 bridgehead atoms. The van der Waals surface area contributed by atoms with Crippen molar-refractivity contribution >= 4 is 17.4 Å². The zero-order valence-electron chi connectivity index (χ0n) is 12.8. The molecule has 2 rings (SSSR count). The van der Waals surface area contributed by atoms with E-state index in [1.807, 2.05) is 12.1 Å². The summed E-state index contributed by atoms with van der Waals surface area (Å²) in [6, 6.07) is 6.43. The van der Waals surface area contributed by atoms with Gasteiger partial charge >= 0.3 is 0 Å². The van der Waals surface area contributed by atoms with Gasteiger partial charge in [0.2, 0.25) is 0 Å². The lowest BCUT2D eigenvalue weighted by Gasteiger charge is -2.26. The highest BCUT2D eigenvalue weighted by Crippen LogP contribution is 2.26. The maximum Gasteiger partial charge on any atom is 0.147 e. The molecular formula is C16H23ClN4. The van der Waals surface area contributed by atoms with Crippen LogP contribution in [0.3, 0.4) is 0 Å². The Kier molecular flexibility index (Phi) is 5.44. The zero-order chi connectivity index (χ0) is 15.3. The summed E-state index contributed by atoms with van der Waals surface area (Å²) in [6.07, 6.45) is 4.43. The summed E-state index contributed by atoms with van der Waals surface area (Å²) in [6.45, 7) is 7.26. The number of hydrogen-bond acceptors (Lipinski definition) is 4. The number of nitriles is 1. The molecule has 21 heavy (non-hydrogen) atoms. The van der Waals surface area contributed by atoms with Crippen molar-refractivity contribution in [2.75, 3.05) is 24.5 Å². The van der Waals surface area contributed by atoms with Crippen LogP contribution in [0, 0.1) is 16.7 Å². The molecule has 4 nitrogen and oxygen atoms in total. The van der Waals surface area contributed by atoms with E-state index in [1.54, 1.807) is 6.20 Å². The minimum atomic E-state index is 0.159. The molecule has 1 saturated heterocycles. The summed E-state index contributed by atoms with van der Waals surface area (Å²) >= 11 is 6.20. The molecule has 0 saturated carbocycles. The van der Waals surface area contributed by atoms with Crippen LogP contribution in [0.2, 0.25) is 5.02 Å². The molecule has 0 aromatic carbocycles. The van der Waals surface area contributed by atoms with Crippen LogP contribution in [-0.2, 0) is 0 Å². The number of aromatic nitrogens is 1. The van der Waals surface area contributed by atoms with Gasteiger partial charge in [-0.15, -0.1) is 0 Å². The van der Waals surface area contributed by atoms with Crippen LogP contribution >= 0.6 is 11.6 Å². The summed E-state index contributed by atoms with van der Waals surface area (Å²) in [5.41, 5.74) is 0.159. The third kappa shape index (κ3) is 4.59. The molecule has 0 aliphatic carbocycles. The highest BCUT2D eigenvalue weighted by molar-refractivity contribution is 6.32. The Morgan fingerprint density at radius 1 is 1.57 bits per heavy atom. The Balaban J connectivity index is 1.83. The molecule has 114 valence electrons. The molecule has 1 atom stereocenters. The van der Waals surface area contributed by atoms with Gasteiger partial charge in [0.15, 0.2) is 0 Å². The number of anilines is 1. The molecule has 0 radical (unpaired) electrons. The summed E-state index contributed by atoms with van der Waals surface area (Å²) < 4.78 is 0. The number of pyridine rings is 1. The fourth-order valence-corrected chi connectivity index (χ4v) is 2.87. The molecule has 1 aliphatic rings. The molecule has 1 unspecified atom stereocenters. The minimum Gasteiger partial charge on any atom is -0.354 e. The van der Waals surface area contributed by atoms with Gasteiger partial charge < -0.3 is 10.2 Å². The van der Waals surface area contributed by atoms with Crippen molar-refractivity contribution in [1.29, 1.82) is 5.26 Å². The van der Waals surface area contributed by atoms with Crippen molar-refractivity contribution in [2.45, 2.75) is 39.2 Å². The van der Waals surface area contributed by atoms with E-state index < -0.39 is 0 Å². The first-order valence-corrected chi connectivity index (χ1v) is 7.85. The average Bonchev–Trinajstić information content (AvgIpc) is 2.92. The molecule has 1 aromatic rings. The molecule has 1 aromatic heterocycles. The third-order valence-corrected chi connectivity index (χ3v) is 4.30. The summed E-state index contributed by atoms with van der Waals surface area (Å²) in [7, 11) is 0. The van der Waals surface area contributed by atoms with Crippen molar-refractivity contribution in [2.24, 2.45) is 5.41 Å². The number of nitrogens with one attached hydrogen (secondary N) is 1. The van der Waals surface area contributed by atoms with Crippen LogP contribution in [0.25, 0.3) is 0 Å². The fraction of sp³-hybridized carbons (Fsp3) is 0.625. The lowest BCUT2D eigenvalue weighted by Crippen LogP contribution is -2.39. The summed E-state index contributed by atoms with van der Waals surface area (Å²) in [5.74, 6) is 0.882. The molecule has 1 N–H and O–H groups in total. The SMILES string of the molecule is CC(C)(CCC#N)CNC1CCN(c2ncccc2Cl)C1. The van der Waals surface area contributed by atoms with Gasteiger partial charge in [-0.05, 0) is 30.4 Å². The first-order valence-electron chi connectivity index (χ1n) is 7.48. The standard InChI is InChI=1S/C16H23ClN4/c1-16(2,7-4-8-18)12-20-13-6-10-21(11-13)15-14(17)5-3-9-19-15/h3,5,9,13,20H,4,6-7,10-12H2,1-2H3. The van der Waals surface area contributed by atoms with E-state index in [4.69, 9.17) is 16.9 Å². The quantitative estimate of drug-likeness (QED) is 0.876. The highest BCUT2D eigenvalue weighted by atomic mass is 35.5. The van der Waals surface area contributed by atoms with Crippen molar-refractivity contribution in [3.63, 3.8) is 0 Å². The lowest BCUT2D eigenvalue weighted by atomic mass is 9.88. The molecule has 1 fully saturated rings. The van der Waals surface area contributed by atoms with Crippen LogP contribution in [0.15, 0.2) is 18.3 Å². The van der Waals surface area contributed by atoms with Crippen LogP contribution < -0.4 is 10.2 Å². The minimum absolute atomic E-state index is 0.159. The number of hydrogen-bond donors (Lipinski definition) is 1. The Morgan fingerprint density at radius 2 is 2.38 bits per heavy atom. The van der Waals surface area contributed by atoms with Gasteiger partial charge in [-0.2, -0.15) is 5.26 Å². The van der Waals surface area contributed by atoms with E-state index in [1.165, 1.54) is 0 Å². The van der Waals surface area contributed by atoms with E-state index in [9.17, 15) is 0 Å². The second-order valence-corrected chi connectivity index (χ2v) is 6.85. The van der Waals surface area contributed by atoms with E-state index in [2.05, 4.69) is 35.1 Å². The first kappa shape index (κ1) is 16.1. The maximum atomic E-state index is 8.70. The van der Waals surface area contributed by atoms with Gasteiger partial charge in [0.25, 0.3) is 0 Å². The third-order valence-electron chi connectivity index (χ3n) is 4.01. The Hall–Kier alpha value is -1.31. The van der Waals surface area contributed by atoms with Crippen LogP contribution in [0.4, 0.5) is 5.82 Å². The predicted molar refractivity (Wildman–Crippen MR) is 86.5 cm³/mol. The van der Waals surface area contributed by atoms with E-state index in [0.29, 0.717) is 17.5 Å². The van der Waals surface area contributed by atoms with Crippen LogP contribution in [0.1, 0.15) is 33.1 Å². The van der Waals surface area contributed by atoms with Crippen molar-refractivity contribution in [3.8, 4) is 6.07 Å². The fourth-order valence-electron chi connectivity index (χ4n) is 2.63. The number of rotatable bonds is 6. The average molecular weight is 307 g/mol. The van der Waals surface area contributed by atoms with Crippen molar-refractivity contribution < 1.29 is 0 Å². The highest BCUT2D eigenvalue weighted by Gasteiger charge is 2.26. The molecule has 2 heterocycles. The predicted octanol–water partition coefficient (Wildman–Crippen LogP) is 3.23. The Labute approximate surface area is 132 Å². The smallest absolute Gasteiger partial charge is 0.147 e. The van der Waals surface area contributed by atoms with Gasteiger partial charge in [0.1, 0.15) is 5.82 Å². The second kappa shape index (κ2) is 7.11. The van der Waals surface area contributed by atoms with Crippen LogP contribution in [0.5, 0.6) is 0 Å². The van der Waals surface area contributed by atoms with Gasteiger partial charge in [0.05, 0.1) is 11.1 Å².